The van der Waals surface area contributed by atoms with Gasteiger partial charge in [0, 0.05) is 5.41 Å². The number of nitrogens with zero attached hydrogens (tertiary/aromatic N) is 3. The van der Waals surface area contributed by atoms with E-state index in [0.717, 1.165) is 24.8 Å². The minimum Gasteiger partial charge on any atom is -0.396 e. The van der Waals surface area contributed by atoms with Crippen LogP contribution >= 0.6 is 0 Å². The summed E-state index contributed by atoms with van der Waals surface area (Å²) < 4.78 is 21.0. The first kappa shape index (κ1) is 14.8. The number of ether oxygens (including phenoxy) is 1. The van der Waals surface area contributed by atoms with Crippen molar-refractivity contribution in [2.45, 2.75) is 31.4 Å². The largest absolute Gasteiger partial charge is 0.396 e. The van der Waals surface area contributed by atoms with E-state index in [9.17, 15) is 9.50 Å². The monoisotopic (exact) mass is 317 g/mol. The van der Waals surface area contributed by atoms with E-state index >= 15 is 0 Å². The number of hydrogen-bond donors (Lipinski definition) is 1. The van der Waals surface area contributed by atoms with Crippen LogP contribution < -0.4 is 0 Å². The lowest BCUT2D eigenvalue weighted by Gasteiger charge is -2.56. The first-order valence-corrected chi connectivity index (χ1v) is 7.99. The molecule has 23 heavy (non-hydrogen) atoms. The maximum Gasteiger partial charge on any atom is 0.137 e. The number of aliphatic hydroxyl groups excluding tert-OH is 1. The summed E-state index contributed by atoms with van der Waals surface area (Å²) in [7, 11) is 0. The van der Waals surface area contributed by atoms with Gasteiger partial charge in [0.15, 0.2) is 0 Å². The van der Waals surface area contributed by atoms with Crippen LogP contribution in [0.3, 0.4) is 0 Å². The molecule has 0 bridgehead atoms. The zero-order valence-electron chi connectivity index (χ0n) is 12.9. The Bertz CT molecular complexity index is 672. The summed E-state index contributed by atoms with van der Waals surface area (Å²) in [4.78, 5) is 4.00. The lowest BCUT2D eigenvalue weighted by atomic mass is 9.66. The molecule has 2 fully saturated rings. The molecule has 5 nitrogen and oxygen atoms in total. The molecule has 1 N–H and O–H groups in total. The van der Waals surface area contributed by atoms with Crippen LogP contribution in [0.15, 0.2) is 36.9 Å². The van der Waals surface area contributed by atoms with Crippen LogP contribution in [0.4, 0.5) is 4.39 Å². The number of halogens is 1. The van der Waals surface area contributed by atoms with Crippen molar-refractivity contribution in [1.29, 1.82) is 0 Å². The van der Waals surface area contributed by atoms with Crippen molar-refractivity contribution in [3.05, 3.63) is 48.3 Å². The molecular weight excluding hydrogens is 297 g/mol. The van der Waals surface area contributed by atoms with Crippen molar-refractivity contribution in [3.8, 4) is 0 Å². The predicted molar refractivity (Wildman–Crippen MR) is 81.1 cm³/mol. The highest BCUT2D eigenvalue weighted by Gasteiger charge is 2.67. The normalized spacial score (nSPS) is 32.5. The Morgan fingerprint density at radius 2 is 2.17 bits per heavy atom. The van der Waals surface area contributed by atoms with Crippen molar-refractivity contribution in [3.63, 3.8) is 0 Å². The van der Waals surface area contributed by atoms with E-state index in [1.54, 1.807) is 11.0 Å². The van der Waals surface area contributed by atoms with E-state index in [2.05, 4.69) is 10.1 Å². The molecule has 0 amide bonds. The van der Waals surface area contributed by atoms with Gasteiger partial charge in [-0.3, -0.25) is 4.68 Å². The molecule has 3 atom stereocenters. The molecule has 1 saturated carbocycles. The summed E-state index contributed by atoms with van der Waals surface area (Å²) in [6.45, 7) is 1.32. The van der Waals surface area contributed by atoms with Crippen LogP contribution in [-0.2, 0) is 17.7 Å². The number of aliphatic hydroxyl groups is 1. The van der Waals surface area contributed by atoms with E-state index in [0.29, 0.717) is 13.2 Å². The summed E-state index contributed by atoms with van der Waals surface area (Å²) in [5.41, 5.74) is 0.492. The second-order valence-electron chi connectivity index (χ2n) is 6.78. The fourth-order valence-electron chi connectivity index (χ4n) is 4.31. The molecule has 4 rings (SSSR count). The van der Waals surface area contributed by atoms with Crippen LogP contribution in [0.25, 0.3) is 0 Å². The molecular formula is C17H20FN3O2. The number of rotatable bonds is 5. The van der Waals surface area contributed by atoms with Crippen LogP contribution in [0.5, 0.6) is 0 Å². The quantitative estimate of drug-likeness (QED) is 0.914. The lowest BCUT2D eigenvalue weighted by Crippen LogP contribution is -2.66. The van der Waals surface area contributed by atoms with E-state index < -0.39 is 5.60 Å². The van der Waals surface area contributed by atoms with E-state index in [1.807, 2.05) is 12.1 Å². The molecule has 6 heteroatoms. The van der Waals surface area contributed by atoms with E-state index in [1.165, 1.54) is 18.5 Å². The number of benzene rings is 1. The maximum absolute atomic E-state index is 13.1. The van der Waals surface area contributed by atoms with Crippen molar-refractivity contribution < 1.29 is 14.2 Å². The molecule has 122 valence electrons. The lowest BCUT2D eigenvalue weighted by molar-refractivity contribution is -0.286. The van der Waals surface area contributed by atoms with Gasteiger partial charge in [-0.15, -0.1) is 0 Å². The topological polar surface area (TPSA) is 60.2 Å². The van der Waals surface area contributed by atoms with Crippen molar-refractivity contribution in [2.75, 3.05) is 13.2 Å². The van der Waals surface area contributed by atoms with Gasteiger partial charge in [0.05, 0.1) is 19.8 Å². The number of hydrogen-bond acceptors (Lipinski definition) is 4. The second-order valence-corrected chi connectivity index (χ2v) is 6.78. The Hall–Kier alpha value is -1.79. The smallest absolute Gasteiger partial charge is 0.137 e. The molecule has 1 aliphatic heterocycles. The second kappa shape index (κ2) is 5.39. The third-order valence-electron chi connectivity index (χ3n) is 5.70. The summed E-state index contributed by atoms with van der Waals surface area (Å²) >= 11 is 0. The fourth-order valence-corrected chi connectivity index (χ4v) is 4.31. The van der Waals surface area contributed by atoms with E-state index in [4.69, 9.17) is 4.74 Å². The molecule has 2 heterocycles. The minimum absolute atomic E-state index is 0.127. The van der Waals surface area contributed by atoms with Gasteiger partial charge in [-0.1, -0.05) is 12.1 Å². The Labute approximate surface area is 134 Å². The SMILES string of the molecule is OCC12CCC(Cc3ccc(F)cc3)C1(Cn1cncn1)OC2. The summed E-state index contributed by atoms with van der Waals surface area (Å²) in [6, 6.07) is 6.65. The van der Waals surface area contributed by atoms with Crippen LogP contribution in [-0.4, -0.2) is 38.7 Å². The van der Waals surface area contributed by atoms with E-state index in [-0.39, 0.29) is 23.8 Å². The Morgan fingerprint density at radius 3 is 2.78 bits per heavy atom. The van der Waals surface area contributed by atoms with Gasteiger partial charge < -0.3 is 9.84 Å². The highest BCUT2D eigenvalue weighted by atomic mass is 19.1. The summed E-state index contributed by atoms with van der Waals surface area (Å²) in [5, 5.41) is 14.2. The van der Waals surface area contributed by atoms with Gasteiger partial charge in [0.25, 0.3) is 0 Å². The fraction of sp³-hybridized carbons (Fsp3) is 0.529. The molecule has 1 aliphatic carbocycles. The maximum atomic E-state index is 13.1. The zero-order chi connectivity index (χ0) is 15.9. The molecule has 2 aliphatic rings. The van der Waals surface area contributed by atoms with Crippen molar-refractivity contribution in [1.82, 2.24) is 14.8 Å². The number of fused-ring (bicyclic) bond motifs is 1. The highest BCUT2D eigenvalue weighted by Crippen LogP contribution is 2.60. The van der Waals surface area contributed by atoms with Gasteiger partial charge >= 0.3 is 0 Å². The Morgan fingerprint density at radius 1 is 1.35 bits per heavy atom. The van der Waals surface area contributed by atoms with Gasteiger partial charge in [-0.25, -0.2) is 9.37 Å². The minimum atomic E-state index is -0.413. The van der Waals surface area contributed by atoms with Crippen LogP contribution in [0, 0.1) is 17.2 Å². The van der Waals surface area contributed by atoms with Gasteiger partial charge in [0.1, 0.15) is 24.1 Å². The Balaban J connectivity index is 1.62. The summed E-state index contributed by atoms with van der Waals surface area (Å²) in [5.74, 6) is 0.0557. The third kappa shape index (κ3) is 2.20. The predicted octanol–water partition coefficient (Wildman–Crippen LogP) is 1.82. The summed E-state index contributed by atoms with van der Waals surface area (Å²) in [6.07, 6.45) is 5.96. The van der Waals surface area contributed by atoms with Crippen molar-refractivity contribution >= 4 is 0 Å². The van der Waals surface area contributed by atoms with Crippen molar-refractivity contribution in [2.24, 2.45) is 11.3 Å². The molecule has 1 aromatic heterocycles. The average Bonchev–Trinajstić information content (AvgIpc) is 3.12. The number of aromatic nitrogens is 3. The van der Waals surface area contributed by atoms with Crippen LogP contribution in [0.1, 0.15) is 18.4 Å². The third-order valence-corrected chi connectivity index (χ3v) is 5.70. The molecule has 1 saturated heterocycles. The molecule has 0 radical (unpaired) electrons. The highest BCUT2D eigenvalue weighted by molar-refractivity contribution is 5.22. The molecule has 0 spiro atoms. The standard InChI is InChI=1S/C17H20FN3O2/c18-15-3-1-13(2-4-15)7-14-5-6-16(9-22)10-23-17(14,16)8-21-12-19-11-20-21/h1-4,11-12,14,22H,5-10H2. The zero-order valence-corrected chi connectivity index (χ0v) is 12.9. The first-order valence-electron chi connectivity index (χ1n) is 7.99. The van der Waals surface area contributed by atoms with Gasteiger partial charge in [-0.05, 0) is 42.9 Å². The first-order chi connectivity index (χ1) is 11.2. The molecule has 3 unspecified atom stereocenters. The van der Waals surface area contributed by atoms with Crippen LogP contribution in [0.2, 0.25) is 0 Å². The molecule has 2 aromatic rings. The van der Waals surface area contributed by atoms with Gasteiger partial charge in [0.2, 0.25) is 0 Å². The van der Waals surface area contributed by atoms with Gasteiger partial charge in [-0.2, -0.15) is 5.10 Å². The molecule has 1 aromatic carbocycles. The average molecular weight is 317 g/mol. The Kier molecular flexibility index (Phi) is 3.46.